The molecule has 1 amide bonds. The molecule has 0 saturated heterocycles. The number of carbonyl (C=O) groups excluding carboxylic acids is 1. The Bertz CT molecular complexity index is 797. The van der Waals surface area contributed by atoms with E-state index in [0.717, 1.165) is 5.69 Å². The van der Waals surface area contributed by atoms with Crippen LogP contribution in [0.4, 0.5) is 0 Å². The summed E-state index contributed by atoms with van der Waals surface area (Å²) in [5.74, 6) is 0.0627. The first-order chi connectivity index (χ1) is 12.1. The van der Waals surface area contributed by atoms with Gasteiger partial charge in [0.25, 0.3) is 5.91 Å². The van der Waals surface area contributed by atoms with Gasteiger partial charge in [-0.1, -0.05) is 60.7 Å². The Balaban J connectivity index is 1.88. The molecule has 0 bridgehead atoms. The lowest BCUT2D eigenvalue weighted by Crippen LogP contribution is -2.38. The SMILES string of the molecule is Cc1ccc(C(=O)N[C@H](C)C(c2ccccc2)c2ccccc2)n1C. The Morgan fingerprint density at radius 2 is 1.40 bits per heavy atom. The summed E-state index contributed by atoms with van der Waals surface area (Å²) < 4.78 is 1.92. The zero-order valence-electron chi connectivity index (χ0n) is 14.9. The fourth-order valence-corrected chi connectivity index (χ4v) is 3.30. The molecule has 3 rings (SSSR count). The molecular formula is C22H24N2O. The van der Waals surface area contributed by atoms with E-state index in [2.05, 4.69) is 36.5 Å². The van der Waals surface area contributed by atoms with Gasteiger partial charge in [0, 0.05) is 24.7 Å². The number of carbonyl (C=O) groups is 1. The number of amides is 1. The quantitative estimate of drug-likeness (QED) is 0.743. The molecule has 0 aliphatic carbocycles. The van der Waals surface area contributed by atoms with E-state index in [-0.39, 0.29) is 17.9 Å². The third-order valence-electron chi connectivity index (χ3n) is 4.78. The number of hydrogen-bond acceptors (Lipinski definition) is 1. The Labute approximate surface area is 149 Å². The highest BCUT2D eigenvalue weighted by atomic mass is 16.2. The van der Waals surface area contributed by atoms with E-state index in [1.807, 2.05) is 67.1 Å². The minimum atomic E-state index is -0.0417. The topological polar surface area (TPSA) is 34.0 Å². The van der Waals surface area contributed by atoms with Gasteiger partial charge >= 0.3 is 0 Å². The summed E-state index contributed by atoms with van der Waals surface area (Å²) in [5, 5.41) is 3.19. The lowest BCUT2D eigenvalue weighted by Gasteiger charge is -2.26. The van der Waals surface area contributed by atoms with Crippen molar-refractivity contribution >= 4 is 5.91 Å². The van der Waals surface area contributed by atoms with Gasteiger partial charge in [-0.2, -0.15) is 0 Å². The second kappa shape index (κ2) is 7.39. The van der Waals surface area contributed by atoms with Crippen LogP contribution in [0.2, 0.25) is 0 Å². The van der Waals surface area contributed by atoms with Crippen LogP contribution in [0.1, 0.15) is 40.2 Å². The maximum Gasteiger partial charge on any atom is 0.268 e. The van der Waals surface area contributed by atoms with Crippen molar-refractivity contribution < 1.29 is 4.79 Å². The predicted molar refractivity (Wildman–Crippen MR) is 102 cm³/mol. The Kier molecular flexibility index (Phi) is 5.03. The van der Waals surface area contributed by atoms with Gasteiger partial charge in [-0.05, 0) is 37.1 Å². The van der Waals surface area contributed by atoms with Gasteiger partial charge < -0.3 is 9.88 Å². The van der Waals surface area contributed by atoms with E-state index in [0.29, 0.717) is 5.69 Å². The molecule has 1 atom stereocenters. The number of nitrogens with zero attached hydrogens (tertiary/aromatic N) is 1. The van der Waals surface area contributed by atoms with E-state index in [9.17, 15) is 4.79 Å². The molecule has 0 fully saturated rings. The molecule has 25 heavy (non-hydrogen) atoms. The summed E-state index contributed by atoms with van der Waals surface area (Å²) in [4.78, 5) is 12.7. The van der Waals surface area contributed by atoms with E-state index >= 15 is 0 Å². The van der Waals surface area contributed by atoms with Gasteiger partial charge in [0.05, 0.1) is 0 Å². The largest absolute Gasteiger partial charge is 0.347 e. The highest BCUT2D eigenvalue weighted by Crippen LogP contribution is 2.28. The van der Waals surface area contributed by atoms with Gasteiger partial charge in [0.1, 0.15) is 5.69 Å². The molecule has 0 saturated carbocycles. The van der Waals surface area contributed by atoms with E-state index in [1.54, 1.807) is 0 Å². The van der Waals surface area contributed by atoms with Crippen molar-refractivity contribution in [3.8, 4) is 0 Å². The minimum absolute atomic E-state index is 0.0347. The smallest absolute Gasteiger partial charge is 0.268 e. The van der Waals surface area contributed by atoms with Crippen LogP contribution in [-0.4, -0.2) is 16.5 Å². The first kappa shape index (κ1) is 17.0. The Morgan fingerprint density at radius 1 is 0.880 bits per heavy atom. The monoisotopic (exact) mass is 332 g/mol. The fraction of sp³-hybridized carbons (Fsp3) is 0.227. The number of hydrogen-bond donors (Lipinski definition) is 1. The third kappa shape index (κ3) is 3.66. The second-order valence-corrected chi connectivity index (χ2v) is 6.48. The predicted octanol–water partition coefficient (Wildman–Crippen LogP) is 4.28. The molecule has 1 heterocycles. The average molecular weight is 332 g/mol. The van der Waals surface area contributed by atoms with Crippen LogP contribution < -0.4 is 5.32 Å². The van der Waals surface area contributed by atoms with Crippen molar-refractivity contribution in [2.75, 3.05) is 0 Å². The summed E-state index contributed by atoms with van der Waals surface area (Å²) in [7, 11) is 1.92. The van der Waals surface area contributed by atoms with Gasteiger partial charge in [-0.25, -0.2) is 0 Å². The number of aryl methyl sites for hydroxylation is 1. The number of nitrogens with one attached hydrogen (secondary N) is 1. The van der Waals surface area contributed by atoms with Crippen molar-refractivity contribution in [1.82, 2.24) is 9.88 Å². The van der Waals surface area contributed by atoms with Gasteiger partial charge in [0.15, 0.2) is 0 Å². The summed E-state index contributed by atoms with van der Waals surface area (Å²) in [6.45, 7) is 4.06. The van der Waals surface area contributed by atoms with E-state index in [1.165, 1.54) is 11.1 Å². The highest BCUT2D eigenvalue weighted by molar-refractivity contribution is 5.93. The number of rotatable bonds is 5. The van der Waals surface area contributed by atoms with Gasteiger partial charge in [0.2, 0.25) is 0 Å². The van der Waals surface area contributed by atoms with Crippen LogP contribution in [0, 0.1) is 6.92 Å². The molecule has 0 spiro atoms. The van der Waals surface area contributed by atoms with E-state index in [4.69, 9.17) is 0 Å². The molecule has 0 radical (unpaired) electrons. The lowest BCUT2D eigenvalue weighted by atomic mass is 9.86. The first-order valence-electron chi connectivity index (χ1n) is 8.61. The highest BCUT2D eigenvalue weighted by Gasteiger charge is 2.24. The summed E-state index contributed by atoms with van der Waals surface area (Å²) in [6, 6.07) is 24.5. The van der Waals surface area contributed by atoms with Crippen LogP contribution in [0.5, 0.6) is 0 Å². The molecule has 3 nitrogen and oxygen atoms in total. The normalized spacial score (nSPS) is 12.2. The molecule has 2 aromatic carbocycles. The van der Waals surface area contributed by atoms with Crippen molar-refractivity contribution in [2.24, 2.45) is 7.05 Å². The number of benzene rings is 2. The molecular weight excluding hydrogens is 308 g/mol. The van der Waals surface area contributed by atoms with Crippen LogP contribution in [-0.2, 0) is 7.05 Å². The lowest BCUT2D eigenvalue weighted by molar-refractivity contribution is 0.0928. The molecule has 3 heteroatoms. The average Bonchev–Trinajstić information content (AvgIpc) is 2.96. The van der Waals surface area contributed by atoms with Crippen molar-refractivity contribution in [3.05, 3.63) is 95.3 Å². The summed E-state index contributed by atoms with van der Waals surface area (Å²) >= 11 is 0. The third-order valence-corrected chi connectivity index (χ3v) is 4.78. The number of aromatic nitrogens is 1. The molecule has 3 aromatic rings. The molecule has 0 aliphatic rings. The van der Waals surface area contributed by atoms with Gasteiger partial charge in [-0.3, -0.25) is 4.79 Å². The summed E-state index contributed by atoms with van der Waals surface area (Å²) in [5.41, 5.74) is 4.15. The van der Waals surface area contributed by atoms with Crippen molar-refractivity contribution in [2.45, 2.75) is 25.8 Å². The Morgan fingerprint density at radius 3 is 1.84 bits per heavy atom. The van der Waals surface area contributed by atoms with Crippen LogP contribution in [0.25, 0.3) is 0 Å². The summed E-state index contributed by atoms with van der Waals surface area (Å²) in [6.07, 6.45) is 0. The molecule has 1 aromatic heterocycles. The first-order valence-corrected chi connectivity index (χ1v) is 8.61. The van der Waals surface area contributed by atoms with Crippen LogP contribution in [0.3, 0.4) is 0 Å². The maximum absolute atomic E-state index is 12.7. The van der Waals surface area contributed by atoms with E-state index < -0.39 is 0 Å². The maximum atomic E-state index is 12.7. The fourth-order valence-electron chi connectivity index (χ4n) is 3.30. The van der Waals surface area contributed by atoms with Crippen molar-refractivity contribution in [3.63, 3.8) is 0 Å². The Hall–Kier alpha value is -2.81. The second-order valence-electron chi connectivity index (χ2n) is 6.48. The van der Waals surface area contributed by atoms with Gasteiger partial charge in [-0.15, -0.1) is 0 Å². The van der Waals surface area contributed by atoms with Crippen LogP contribution >= 0.6 is 0 Å². The zero-order chi connectivity index (χ0) is 17.8. The standard InChI is InChI=1S/C22H24N2O/c1-16-14-15-20(24(16)3)22(25)23-17(2)21(18-10-6-4-7-11-18)19-12-8-5-9-13-19/h4-15,17,21H,1-3H3,(H,23,25)/t17-/m1/s1. The van der Waals surface area contributed by atoms with Crippen molar-refractivity contribution in [1.29, 1.82) is 0 Å². The molecule has 0 unspecified atom stereocenters. The zero-order valence-corrected chi connectivity index (χ0v) is 14.9. The van der Waals surface area contributed by atoms with Crippen LogP contribution in [0.15, 0.2) is 72.8 Å². The molecule has 128 valence electrons. The molecule has 0 aliphatic heterocycles. The minimum Gasteiger partial charge on any atom is -0.347 e. The molecule has 1 N–H and O–H groups in total.